The van der Waals surface area contributed by atoms with Gasteiger partial charge in [0.15, 0.2) is 0 Å². The Labute approximate surface area is 172 Å². The average Bonchev–Trinajstić information content (AvgIpc) is 3.08. The number of nitrogens with zero attached hydrogens (tertiary/aromatic N) is 1. The van der Waals surface area contributed by atoms with Gasteiger partial charge in [-0.2, -0.15) is 0 Å². The number of ether oxygens (including phenoxy) is 2. The number of esters is 1. The van der Waals surface area contributed by atoms with Crippen LogP contribution in [0.5, 0.6) is 5.75 Å². The molecule has 7 heteroatoms. The van der Waals surface area contributed by atoms with Crippen molar-refractivity contribution < 1.29 is 14.3 Å². The van der Waals surface area contributed by atoms with E-state index in [2.05, 4.69) is 9.97 Å². The van der Waals surface area contributed by atoms with Crippen LogP contribution in [0.15, 0.2) is 23.0 Å². The molecule has 1 N–H and O–H groups in total. The maximum atomic E-state index is 12.5. The molecule has 0 bridgehead atoms. The summed E-state index contributed by atoms with van der Waals surface area (Å²) in [4.78, 5) is 33.9. The molecule has 4 rings (SSSR count). The van der Waals surface area contributed by atoms with Crippen molar-refractivity contribution in [3.63, 3.8) is 0 Å². The van der Waals surface area contributed by atoms with Crippen molar-refractivity contribution in [3.8, 4) is 5.75 Å². The van der Waals surface area contributed by atoms with Gasteiger partial charge in [-0.05, 0) is 62.3 Å². The lowest BCUT2D eigenvalue weighted by molar-refractivity contribution is -0.145. The fourth-order valence-electron chi connectivity index (χ4n) is 3.60. The first-order valence-corrected chi connectivity index (χ1v) is 10.7. The van der Waals surface area contributed by atoms with Crippen LogP contribution in [0.1, 0.15) is 46.7 Å². The minimum Gasteiger partial charge on any atom is -0.493 e. The van der Waals surface area contributed by atoms with E-state index in [0.717, 1.165) is 53.0 Å². The largest absolute Gasteiger partial charge is 0.493 e. The third kappa shape index (κ3) is 4.34. The van der Waals surface area contributed by atoms with Gasteiger partial charge in [-0.3, -0.25) is 9.59 Å². The van der Waals surface area contributed by atoms with Gasteiger partial charge in [0.1, 0.15) is 23.0 Å². The van der Waals surface area contributed by atoms with Crippen molar-refractivity contribution >= 4 is 27.5 Å². The molecule has 1 aromatic carbocycles. The van der Waals surface area contributed by atoms with E-state index in [1.165, 1.54) is 4.88 Å². The molecule has 1 aliphatic rings. The summed E-state index contributed by atoms with van der Waals surface area (Å²) in [6.45, 7) is 4.16. The van der Waals surface area contributed by atoms with Gasteiger partial charge in [-0.25, -0.2) is 4.98 Å². The Morgan fingerprint density at radius 3 is 2.93 bits per heavy atom. The first-order chi connectivity index (χ1) is 14.0. The van der Waals surface area contributed by atoms with Crippen molar-refractivity contribution in [2.75, 3.05) is 6.61 Å². The zero-order valence-electron chi connectivity index (χ0n) is 16.7. The quantitative estimate of drug-likeness (QED) is 0.619. The molecule has 3 aromatic rings. The van der Waals surface area contributed by atoms with E-state index in [4.69, 9.17) is 9.47 Å². The second kappa shape index (κ2) is 8.37. The number of thiophene rings is 1. The molecule has 29 heavy (non-hydrogen) atoms. The Balaban J connectivity index is 1.35. The van der Waals surface area contributed by atoms with Crippen LogP contribution in [-0.4, -0.2) is 22.5 Å². The number of carbonyl (C=O) groups is 1. The maximum Gasteiger partial charge on any atom is 0.309 e. The molecule has 152 valence electrons. The summed E-state index contributed by atoms with van der Waals surface area (Å²) in [7, 11) is 0. The summed E-state index contributed by atoms with van der Waals surface area (Å²) in [5, 5.41) is 0.710. The molecule has 0 atom stereocenters. The highest BCUT2D eigenvalue weighted by Crippen LogP contribution is 2.33. The van der Waals surface area contributed by atoms with Crippen LogP contribution in [0.4, 0.5) is 0 Å². The van der Waals surface area contributed by atoms with Crippen LogP contribution in [0.3, 0.4) is 0 Å². The van der Waals surface area contributed by atoms with Gasteiger partial charge in [0.2, 0.25) is 0 Å². The molecule has 0 radical (unpaired) electrons. The minimum absolute atomic E-state index is 0.0456. The molecule has 0 aliphatic heterocycles. The van der Waals surface area contributed by atoms with Crippen LogP contribution < -0.4 is 10.3 Å². The molecule has 1 aliphatic carbocycles. The number of H-pyrrole nitrogens is 1. The van der Waals surface area contributed by atoms with Crippen molar-refractivity contribution in [1.82, 2.24) is 9.97 Å². The SMILES string of the molecule is Cc1ccc(C)c(OCCC(=O)OCc2nc3sc4c(c3c(=O)[nH]2)CCCC4)c1. The van der Waals surface area contributed by atoms with Crippen LogP contribution in [0.2, 0.25) is 0 Å². The van der Waals surface area contributed by atoms with Crippen molar-refractivity contribution in [2.24, 2.45) is 0 Å². The van der Waals surface area contributed by atoms with Gasteiger partial charge < -0.3 is 14.5 Å². The number of carbonyl (C=O) groups excluding carboxylic acids is 1. The highest BCUT2D eigenvalue weighted by Gasteiger charge is 2.20. The van der Waals surface area contributed by atoms with E-state index in [0.29, 0.717) is 11.2 Å². The predicted octanol–water partition coefficient (Wildman–Crippen LogP) is 3.99. The number of nitrogens with one attached hydrogen (secondary N) is 1. The Bertz CT molecular complexity index is 1120. The molecular formula is C22H24N2O4S. The number of aromatic nitrogens is 2. The lowest BCUT2D eigenvalue weighted by atomic mass is 9.97. The first kappa shape index (κ1) is 19.6. The number of benzene rings is 1. The average molecular weight is 413 g/mol. The number of fused-ring (bicyclic) bond motifs is 3. The van der Waals surface area contributed by atoms with Gasteiger partial charge >= 0.3 is 5.97 Å². The summed E-state index contributed by atoms with van der Waals surface area (Å²) in [6, 6.07) is 5.96. The molecule has 0 saturated carbocycles. The zero-order chi connectivity index (χ0) is 20.4. The highest BCUT2D eigenvalue weighted by atomic mass is 32.1. The van der Waals surface area contributed by atoms with E-state index in [1.807, 2.05) is 32.0 Å². The fourth-order valence-corrected chi connectivity index (χ4v) is 4.89. The predicted molar refractivity (Wildman–Crippen MR) is 113 cm³/mol. The third-order valence-electron chi connectivity index (χ3n) is 5.15. The third-order valence-corrected chi connectivity index (χ3v) is 6.34. The standard InChI is InChI=1S/C22H24N2O4S/c1-13-7-8-14(2)16(11-13)27-10-9-19(25)28-12-18-23-21(26)20-15-5-3-4-6-17(15)29-22(20)24-18/h7-8,11H,3-6,9-10,12H2,1-2H3,(H,23,24,26). The molecule has 2 heterocycles. The van der Waals surface area contributed by atoms with Crippen LogP contribution in [-0.2, 0) is 29.0 Å². The lowest BCUT2D eigenvalue weighted by Gasteiger charge is -2.10. The van der Waals surface area contributed by atoms with Gasteiger partial charge in [0.25, 0.3) is 5.56 Å². The molecule has 2 aromatic heterocycles. The van der Waals surface area contributed by atoms with E-state index in [9.17, 15) is 9.59 Å². The van der Waals surface area contributed by atoms with E-state index in [-0.39, 0.29) is 31.2 Å². The molecule has 6 nitrogen and oxygen atoms in total. The van der Waals surface area contributed by atoms with Gasteiger partial charge in [0.05, 0.1) is 18.4 Å². The van der Waals surface area contributed by atoms with E-state index in [1.54, 1.807) is 11.3 Å². The monoisotopic (exact) mass is 412 g/mol. The number of hydrogen-bond acceptors (Lipinski definition) is 6. The molecule has 0 unspecified atom stereocenters. The maximum absolute atomic E-state index is 12.5. The van der Waals surface area contributed by atoms with Crippen LogP contribution in [0, 0.1) is 13.8 Å². The number of aromatic amines is 1. The van der Waals surface area contributed by atoms with Gasteiger partial charge in [-0.1, -0.05) is 12.1 Å². The number of aryl methyl sites for hydroxylation is 4. The van der Waals surface area contributed by atoms with E-state index < -0.39 is 0 Å². The van der Waals surface area contributed by atoms with Crippen LogP contribution >= 0.6 is 11.3 Å². The highest BCUT2D eigenvalue weighted by molar-refractivity contribution is 7.18. The van der Waals surface area contributed by atoms with Crippen molar-refractivity contribution in [3.05, 3.63) is 55.9 Å². The van der Waals surface area contributed by atoms with Crippen molar-refractivity contribution in [2.45, 2.75) is 52.6 Å². The lowest BCUT2D eigenvalue weighted by Crippen LogP contribution is -2.16. The Morgan fingerprint density at radius 2 is 2.07 bits per heavy atom. The Hall–Kier alpha value is -2.67. The van der Waals surface area contributed by atoms with Crippen molar-refractivity contribution in [1.29, 1.82) is 0 Å². The summed E-state index contributed by atoms with van der Waals surface area (Å²) in [5.74, 6) is 0.768. The second-order valence-electron chi connectivity index (χ2n) is 7.43. The topological polar surface area (TPSA) is 81.3 Å². The summed E-state index contributed by atoms with van der Waals surface area (Å²) in [6.07, 6.45) is 4.36. The Morgan fingerprint density at radius 1 is 1.24 bits per heavy atom. The smallest absolute Gasteiger partial charge is 0.309 e. The summed E-state index contributed by atoms with van der Waals surface area (Å²) < 4.78 is 11.0. The second-order valence-corrected chi connectivity index (χ2v) is 8.52. The number of rotatable bonds is 6. The number of hydrogen-bond donors (Lipinski definition) is 1. The zero-order valence-corrected chi connectivity index (χ0v) is 17.5. The van der Waals surface area contributed by atoms with Crippen LogP contribution in [0.25, 0.3) is 10.2 Å². The summed E-state index contributed by atoms with van der Waals surface area (Å²) >= 11 is 1.58. The minimum atomic E-state index is -0.386. The first-order valence-electron chi connectivity index (χ1n) is 9.90. The fraction of sp³-hybridized carbons (Fsp3) is 0.409. The molecule has 0 amide bonds. The Kier molecular flexibility index (Phi) is 5.67. The molecule has 0 saturated heterocycles. The molecule has 0 fully saturated rings. The normalized spacial score (nSPS) is 13.3. The molecular weight excluding hydrogens is 388 g/mol. The van der Waals surface area contributed by atoms with Gasteiger partial charge in [-0.15, -0.1) is 11.3 Å². The summed E-state index contributed by atoms with van der Waals surface area (Å²) in [5.41, 5.74) is 3.14. The van der Waals surface area contributed by atoms with E-state index >= 15 is 0 Å². The van der Waals surface area contributed by atoms with Gasteiger partial charge in [0, 0.05) is 4.88 Å². The molecule has 0 spiro atoms.